The van der Waals surface area contributed by atoms with Gasteiger partial charge in [0.15, 0.2) is 0 Å². The zero-order valence-electron chi connectivity index (χ0n) is 6.08. The largest absolute Gasteiger partial charge is 0.251 e. The lowest BCUT2D eigenvalue weighted by Gasteiger charge is -2.05. The molecule has 0 bridgehead atoms. The Bertz CT molecular complexity index is 289. The Kier molecular flexibility index (Phi) is 3.81. The van der Waals surface area contributed by atoms with Crippen LogP contribution in [-0.2, 0) is 6.42 Å². The third-order valence-corrected chi connectivity index (χ3v) is 3.16. The molecule has 0 atom stereocenters. The van der Waals surface area contributed by atoms with Gasteiger partial charge in [-0.25, -0.2) is 0 Å². The fourth-order valence-corrected chi connectivity index (χ4v) is 1.82. The van der Waals surface area contributed by atoms with E-state index in [1.165, 1.54) is 0 Å². The zero-order chi connectivity index (χ0) is 9.14. The van der Waals surface area contributed by atoms with Crippen molar-refractivity contribution in [3.63, 3.8) is 0 Å². The van der Waals surface area contributed by atoms with Gasteiger partial charge in [-0.15, -0.1) is 0 Å². The van der Waals surface area contributed by atoms with Gasteiger partial charge in [0.05, 0.1) is 11.7 Å². The molecule has 0 aliphatic carbocycles. The molecule has 1 aromatic carbocycles. The quantitative estimate of drug-likeness (QED) is 0.705. The minimum Gasteiger partial charge on any atom is -0.251 e. The molecule has 0 saturated heterocycles. The van der Waals surface area contributed by atoms with Crippen molar-refractivity contribution in [2.24, 2.45) is 0 Å². The van der Waals surface area contributed by atoms with Crippen LogP contribution in [0.2, 0.25) is 10.0 Å². The van der Waals surface area contributed by atoms with E-state index >= 15 is 0 Å². The number of rotatable bonds is 2. The maximum Gasteiger partial charge on any atom is 0.0935 e. The van der Waals surface area contributed by atoms with Gasteiger partial charge >= 0.3 is 0 Å². The Hall–Kier alpha value is 0.210. The minimum absolute atomic E-state index is 0.261. The van der Waals surface area contributed by atoms with E-state index in [2.05, 4.69) is 15.9 Å². The smallest absolute Gasteiger partial charge is 0.0935 e. The van der Waals surface area contributed by atoms with E-state index in [0.717, 1.165) is 4.47 Å². The van der Waals surface area contributed by atoms with Crippen LogP contribution in [0.5, 0.6) is 0 Å². The molecule has 1 aromatic rings. The van der Waals surface area contributed by atoms with Gasteiger partial charge in [-0.2, -0.15) is 0 Å². The van der Waals surface area contributed by atoms with Gasteiger partial charge in [0.2, 0.25) is 0 Å². The Morgan fingerprint density at radius 3 is 2.58 bits per heavy atom. The van der Waals surface area contributed by atoms with Crippen LogP contribution in [0.25, 0.3) is 0 Å². The second-order valence-electron chi connectivity index (χ2n) is 2.26. The molecule has 0 heterocycles. The maximum atomic E-state index is 12.0. The van der Waals surface area contributed by atoms with Gasteiger partial charge in [0.1, 0.15) is 0 Å². The number of alkyl halides is 1. The molecule has 0 unspecified atom stereocenters. The van der Waals surface area contributed by atoms with Crippen molar-refractivity contribution in [3.05, 3.63) is 32.2 Å². The summed E-state index contributed by atoms with van der Waals surface area (Å²) in [6.07, 6.45) is 0.261. The number of hydrogen-bond acceptors (Lipinski definition) is 0. The van der Waals surface area contributed by atoms with Gasteiger partial charge in [-0.3, -0.25) is 4.39 Å². The first kappa shape index (κ1) is 10.3. The van der Waals surface area contributed by atoms with E-state index < -0.39 is 6.67 Å². The van der Waals surface area contributed by atoms with Crippen molar-refractivity contribution >= 4 is 39.1 Å². The molecular weight excluding hydrogens is 266 g/mol. The van der Waals surface area contributed by atoms with Gasteiger partial charge < -0.3 is 0 Å². The van der Waals surface area contributed by atoms with Gasteiger partial charge in [-0.05, 0) is 33.6 Å². The third-order valence-electron chi connectivity index (χ3n) is 1.48. The molecule has 66 valence electrons. The molecule has 0 N–H and O–H groups in total. The molecule has 0 aliphatic heterocycles. The average Bonchev–Trinajstić information content (AvgIpc) is 2.06. The van der Waals surface area contributed by atoms with E-state index in [1.807, 2.05) is 0 Å². The summed E-state index contributed by atoms with van der Waals surface area (Å²) in [5.74, 6) is 0. The summed E-state index contributed by atoms with van der Waals surface area (Å²) >= 11 is 14.9. The molecule has 0 radical (unpaired) electrons. The molecule has 12 heavy (non-hydrogen) atoms. The lowest BCUT2D eigenvalue weighted by atomic mass is 10.2. The van der Waals surface area contributed by atoms with Crippen molar-refractivity contribution in [1.29, 1.82) is 0 Å². The highest BCUT2D eigenvalue weighted by molar-refractivity contribution is 9.10. The van der Waals surface area contributed by atoms with E-state index in [-0.39, 0.29) is 6.42 Å². The first-order chi connectivity index (χ1) is 5.66. The number of benzene rings is 1. The molecule has 0 amide bonds. The lowest BCUT2D eigenvalue weighted by Crippen LogP contribution is -1.90. The standard InChI is InChI=1S/C8H6BrCl2F/c9-6-1-2-7(10)5(3-4-12)8(6)11/h1-2H,3-4H2. The zero-order valence-corrected chi connectivity index (χ0v) is 9.18. The van der Waals surface area contributed by atoms with E-state index in [1.54, 1.807) is 12.1 Å². The number of halogens is 4. The first-order valence-corrected chi connectivity index (χ1v) is 4.90. The first-order valence-electron chi connectivity index (χ1n) is 3.35. The predicted molar refractivity (Wildman–Crippen MR) is 53.8 cm³/mol. The Labute approximate surface area is 88.8 Å². The monoisotopic (exact) mass is 270 g/mol. The van der Waals surface area contributed by atoms with Crippen LogP contribution in [0.3, 0.4) is 0 Å². The summed E-state index contributed by atoms with van der Waals surface area (Å²) in [6.45, 7) is -0.449. The Morgan fingerprint density at radius 2 is 2.00 bits per heavy atom. The molecule has 0 aliphatic rings. The molecule has 1 rings (SSSR count). The molecule has 0 nitrogen and oxygen atoms in total. The lowest BCUT2D eigenvalue weighted by molar-refractivity contribution is 0.495. The molecular formula is C8H6BrCl2F. The average molecular weight is 272 g/mol. The van der Waals surface area contributed by atoms with Crippen molar-refractivity contribution in [3.8, 4) is 0 Å². The van der Waals surface area contributed by atoms with Crippen molar-refractivity contribution in [2.45, 2.75) is 6.42 Å². The summed E-state index contributed by atoms with van der Waals surface area (Å²) in [4.78, 5) is 0. The van der Waals surface area contributed by atoms with Crippen molar-refractivity contribution < 1.29 is 4.39 Å². The van der Waals surface area contributed by atoms with Crippen molar-refractivity contribution in [1.82, 2.24) is 0 Å². The fourth-order valence-electron chi connectivity index (χ4n) is 0.893. The van der Waals surface area contributed by atoms with Crippen molar-refractivity contribution in [2.75, 3.05) is 6.67 Å². The second-order valence-corrected chi connectivity index (χ2v) is 3.90. The van der Waals surface area contributed by atoms with Crippen LogP contribution < -0.4 is 0 Å². The SMILES string of the molecule is FCCc1c(Cl)ccc(Br)c1Cl. The Morgan fingerprint density at radius 1 is 1.33 bits per heavy atom. The van der Waals surface area contributed by atoms with Gasteiger partial charge in [-0.1, -0.05) is 23.2 Å². The topological polar surface area (TPSA) is 0 Å². The predicted octanol–water partition coefficient (Wildman–Crippen LogP) is 4.27. The Balaban J connectivity index is 3.14. The fraction of sp³-hybridized carbons (Fsp3) is 0.250. The van der Waals surface area contributed by atoms with E-state index in [9.17, 15) is 4.39 Å². The van der Waals surface area contributed by atoms with Crippen LogP contribution in [0.1, 0.15) is 5.56 Å². The molecule has 0 spiro atoms. The molecule has 0 fully saturated rings. The molecule has 0 aromatic heterocycles. The van der Waals surface area contributed by atoms with Crippen LogP contribution in [0.4, 0.5) is 4.39 Å². The summed E-state index contributed by atoms with van der Waals surface area (Å²) in [7, 11) is 0. The van der Waals surface area contributed by atoms with E-state index in [4.69, 9.17) is 23.2 Å². The molecule has 4 heteroatoms. The third kappa shape index (κ3) is 2.12. The summed E-state index contributed by atoms with van der Waals surface area (Å²) in [6, 6.07) is 3.44. The molecule has 0 saturated carbocycles. The van der Waals surface area contributed by atoms with Crippen LogP contribution in [-0.4, -0.2) is 6.67 Å². The highest BCUT2D eigenvalue weighted by atomic mass is 79.9. The van der Waals surface area contributed by atoms with Gasteiger partial charge in [0, 0.05) is 15.9 Å². The van der Waals surface area contributed by atoms with Crippen LogP contribution >= 0.6 is 39.1 Å². The highest BCUT2D eigenvalue weighted by Gasteiger charge is 2.08. The highest BCUT2D eigenvalue weighted by Crippen LogP contribution is 2.31. The summed E-state index contributed by atoms with van der Waals surface area (Å²) < 4.78 is 12.8. The maximum absolute atomic E-state index is 12.0. The summed E-state index contributed by atoms with van der Waals surface area (Å²) in [5, 5.41) is 1.01. The van der Waals surface area contributed by atoms with E-state index in [0.29, 0.717) is 15.6 Å². The second kappa shape index (κ2) is 4.45. The summed E-state index contributed by atoms with van der Waals surface area (Å²) in [5.41, 5.74) is 0.662. The van der Waals surface area contributed by atoms with Gasteiger partial charge in [0.25, 0.3) is 0 Å². The number of hydrogen-bond donors (Lipinski definition) is 0. The van der Waals surface area contributed by atoms with Crippen LogP contribution in [0.15, 0.2) is 16.6 Å². The minimum atomic E-state index is -0.449. The van der Waals surface area contributed by atoms with Crippen LogP contribution in [0, 0.1) is 0 Å². The normalized spacial score (nSPS) is 10.3.